The zero-order valence-corrected chi connectivity index (χ0v) is 9.56. The number of hydrogen-bond acceptors (Lipinski definition) is 4. The van der Waals surface area contributed by atoms with Crippen LogP contribution in [0.2, 0.25) is 0 Å². The van der Waals surface area contributed by atoms with E-state index >= 15 is 0 Å². The van der Waals surface area contributed by atoms with Crippen LogP contribution in [0.3, 0.4) is 0 Å². The molecule has 0 atom stereocenters. The molecular weight excluding hydrogens is 179 g/mol. The third-order valence-electron chi connectivity index (χ3n) is 0. The first kappa shape index (κ1) is 16.2. The van der Waals surface area contributed by atoms with Gasteiger partial charge in [-0.3, -0.25) is 0 Å². The van der Waals surface area contributed by atoms with Gasteiger partial charge in [0.25, 0.3) is 0 Å². The summed E-state index contributed by atoms with van der Waals surface area (Å²) in [5.74, 6) is 0. The van der Waals surface area contributed by atoms with Crippen molar-refractivity contribution in [2.24, 2.45) is 0 Å². The molecule has 0 aliphatic carbocycles. The van der Waals surface area contributed by atoms with Gasteiger partial charge < -0.3 is 0 Å². The zero-order chi connectivity index (χ0) is 4.50. The summed E-state index contributed by atoms with van der Waals surface area (Å²) < 4.78 is 34.4. The van der Waals surface area contributed by atoms with Crippen LogP contribution in [0, 0.1) is 0 Å². The molecule has 4 nitrogen and oxygen atoms in total. The zero-order valence-electron chi connectivity index (χ0n) is 3.75. The second-order valence-corrected chi connectivity index (χ2v) is 1.68. The standard InChI is InChI=1S/Cr.K.Mg.4O/q;+1;+2;;;2*-1. The Kier molecular flexibility index (Phi) is 15.2. The first-order chi connectivity index (χ1) is 2.00. The molecule has 0 aromatic heterocycles. The van der Waals surface area contributed by atoms with Gasteiger partial charge in [0, 0.05) is 0 Å². The van der Waals surface area contributed by atoms with Crippen LogP contribution in [0.25, 0.3) is 0 Å². The van der Waals surface area contributed by atoms with Crippen LogP contribution in [-0.2, 0) is 21.2 Å². The second-order valence-electron chi connectivity index (χ2n) is 0.408. The fourth-order valence-corrected chi connectivity index (χ4v) is 0. The number of hydrogen-bond donors (Lipinski definition) is 0. The molecule has 0 rings (SSSR count). The molecule has 32 valence electrons. The molecule has 0 unspecified atom stereocenters. The van der Waals surface area contributed by atoms with Crippen molar-refractivity contribution in [3.8, 4) is 0 Å². The van der Waals surface area contributed by atoms with E-state index in [2.05, 4.69) is 0 Å². The SMILES string of the molecule is [K+].[Mg+2].[O]=[Cr](=[O])([O-])[O-]. The minimum absolute atomic E-state index is 0. The summed E-state index contributed by atoms with van der Waals surface area (Å²) in [7, 11) is 0. The average molecular weight is 179 g/mol. The summed E-state index contributed by atoms with van der Waals surface area (Å²) in [5.41, 5.74) is 0. The maximum atomic E-state index is 8.59. The van der Waals surface area contributed by atoms with Crippen molar-refractivity contribution >= 4 is 23.1 Å². The van der Waals surface area contributed by atoms with E-state index in [0.717, 1.165) is 0 Å². The van der Waals surface area contributed by atoms with E-state index in [1.807, 2.05) is 0 Å². The predicted molar refractivity (Wildman–Crippen MR) is 7.13 cm³/mol. The summed E-state index contributed by atoms with van der Waals surface area (Å²) in [4.78, 5) is 0. The quantitative estimate of drug-likeness (QED) is 0.347. The van der Waals surface area contributed by atoms with Gasteiger partial charge in [0.15, 0.2) is 0 Å². The monoisotopic (exact) mass is 179 g/mol. The maximum absolute atomic E-state index is 8.59. The molecule has 0 radical (unpaired) electrons. The summed E-state index contributed by atoms with van der Waals surface area (Å²) in [6, 6.07) is 0. The molecule has 0 spiro atoms. The Morgan fingerprint density at radius 2 is 1.14 bits per heavy atom. The van der Waals surface area contributed by atoms with Crippen LogP contribution >= 0.6 is 0 Å². The Morgan fingerprint density at radius 3 is 1.14 bits per heavy atom. The second kappa shape index (κ2) is 6.57. The van der Waals surface area contributed by atoms with Crippen LogP contribution in [0.4, 0.5) is 0 Å². The van der Waals surface area contributed by atoms with Gasteiger partial charge in [0.1, 0.15) is 0 Å². The van der Waals surface area contributed by atoms with Crippen molar-refractivity contribution in [1.29, 1.82) is 0 Å². The molecule has 0 aliphatic rings. The van der Waals surface area contributed by atoms with Gasteiger partial charge in [-0.1, -0.05) is 0 Å². The summed E-state index contributed by atoms with van der Waals surface area (Å²) in [6.07, 6.45) is 0. The molecule has 0 amide bonds. The fraction of sp³-hybridized carbons (Fsp3) is 0. The Bertz CT molecular complexity index is 94.9. The molecule has 0 bridgehead atoms. The van der Waals surface area contributed by atoms with Gasteiger partial charge in [-0.25, -0.2) is 0 Å². The van der Waals surface area contributed by atoms with Crippen molar-refractivity contribution in [2.75, 3.05) is 0 Å². The minimum atomic E-state index is -5.75. The van der Waals surface area contributed by atoms with E-state index in [9.17, 15) is 0 Å². The van der Waals surface area contributed by atoms with E-state index in [1.54, 1.807) is 0 Å². The Balaban J connectivity index is -0.0000000800. The van der Waals surface area contributed by atoms with Crippen LogP contribution in [0.15, 0.2) is 0 Å². The molecule has 0 saturated carbocycles. The molecule has 0 saturated heterocycles. The molecule has 0 heterocycles. The first-order valence-corrected chi connectivity index (χ1v) is 2.75. The van der Waals surface area contributed by atoms with Crippen LogP contribution in [-0.4, -0.2) is 23.1 Å². The van der Waals surface area contributed by atoms with Gasteiger partial charge in [-0.05, 0) is 0 Å². The third kappa shape index (κ3) is 58.5. The van der Waals surface area contributed by atoms with Gasteiger partial charge >= 0.3 is 104 Å². The fourth-order valence-electron chi connectivity index (χ4n) is 0. The Labute approximate surface area is 102 Å². The van der Waals surface area contributed by atoms with Crippen molar-refractivity contribution in [2.45, 2.75) is 0 Å². The molecule has 0 aliphatic heterocycles. The predicted octanol–water partition coefficient (Wildman–Crippen LogP) is -5.99. The summed E-state index contributed by atoms with van der Waals surface area (Å²) in [6.45, 7) is 0. The van der Waals surface area contributed by atoms with Gasteiger partial charge in [0.2, 0.25) is 0 Å². The molecule has 0 fully saturated rings. The van der Waals surface area contributed by atoms with Crippen molar-refractivity contribution in [3.05, 3.63) is 0 Å². The van der Waals surface area contributed by atoms with Crippen LogP contribution in [0.1, 0.15) is 0 Å². The molecule has 0 aromatic rings. The molecule has 0 aromatic carbocycles. The summed E-state index contributed by atoms with van der Waals surface area (Å²) >= 11 is -5.75. The van der Waals surface area contributed by atoms with Crippen LogP contribution < -0.4 is 59.7 Å². The van der Waals surface area contributed by atoms with E-state index in [4.69, 9.17) is 15.9 Å². The third-order valence-corrected chi connectivity index (χ3v) is 0. The normalized spacial score (nSPS) is 8.29. The molecule has 7 heteroatoms. The Hall–Kier alpha value is 2.46. The Morgan fingerprint density at radius 1 is 1.14 bits per heavy atom. The molecule has 0 N–H and O–H groups in total. The van der Waals surface area contributed by atoms with E-state index in [-0.39, 0.29) is 74.4 Å². The summed E-state index contributed by atoms with van der Waals surface area (Å²) in [5, 5.41) is 0. The van der Waals surface area contributed by atoms with Crippen LogP contribution in [0.5, 0.6) is 0 Å². The van der Waals surface area contributed by atoms with Crippen molar-refractivity contribution in [1.82, 2.24) is 0 Å². The van der Waals surface area contributed by atoms with Crippen molar-refractivity contribution < 1.29 is 80.9 Å². The van der Waals surface area contributed by atoms with Gasteiger partial charge in [-0.15, -0.1) is 0 Å². The average Bonchev–Trinajstić information content (AvgIpc) is 0.722. The molecular formula is CrKMgO4+. The number of rotatable bonds is 0. The van der Waals surface area contributed by atoms with E-state index in [0.29, 0.717) is 0 Å². The van der Waals surface area contributed by atoms with Crippen molar-refractivity contribution in [3.63, 3.8) is 0 Å². The van der Waals surface area contributed by atoms with Gasteiger partial charge in [-0.2, -0.15) is 0 Å². The van der Waals surface area contributed by atoms with E-state index < -0.39 is 13.6 Å². The van der Waals surface area contributed by atoms with E-state index in [1.165, 1.54) is 0 Å². The first-order valence-electron chi connectivity index (χ1n) is 0.667. The molecule has 7 heavy (non-hydrogen) atoms. The topological polar surface area (TPSA) is 80.3 Å². The van der Waals surface area contributed by atoms with Gasteiger partial charge in [0.05, 0.1) is 0 Å².